The molecule has 1 fully saturated rings. The van der Waals surface area contributed by atoms with Gasteiger partial charge in [0.25, 0.3) is 0 Å². The largest absolute Gasteiger partial charge is 0.497 e. The number of methoxy groups -OCH3 is 1. The van der Waals surface area contributed by atoms with Crippen molar-refractivity contribution in [3.05, 3.63) is 36.1 Å². The van der Waals surface area contributed by atoms with Crippen molar-refractivity contribution in [1.29, 1.82) is 0 Å². The fraction of sp³-hybridized carbons (Fsp3) is 0.421. The molecule has 2 aromatic rings. The lowest BCUT2D eigenvalue weighted by atomic mass is 10.2. The molecule has 0 spiro atoms. The van der Waals surface area contributed by atoms with Crippen LogP contribution in [0.25, 0.3) is 0 Å². The molecule has 0 aliphatic carbocycles. The first-order valence-electron chi connectivity index (χ1n) is 9.08. The van der Waals surface area contributed by atoms with Crippen LogP contribution in [0.5, 0.6) is 5.75 Å². The number of nitrogens with one attached hydrogen (secondary N) is 2. The van der Waals surface area contributed by atoms with Gasteiger partial charge < -0.3 is 29.5 Å². The van der Waals surface area contributed by atoms with Gasteiger partial charge in [0.15, 0.2) is 5.82 Å². The second kappa shape index (κ2) is 9.23. The van der Waals surface area contributed by atoms with E-state index in [2.05, 4.69) is 15.8 Å². The number of amides is 3. The lowest BCUT2D eigenvalue weighted by molar-refractivity contribution is -0.117. The Kier molecular flexibility index (Phi) is 6.49. The van der Waals surface area contributed by atoms with Gasteiger partial charge in [0, 0.05) is 31.0 Å². The zero-order chi connectivity index (χ0) is 19.9. The van der Waals surface area contributed by atoms with Crippen LogP contribution >= 0.6 is 0 Å². The van der Waals surface area contributed by atoms with Crippen molar-refractivity contribution in [2.24, 2.45) is 0 Å². The maximum Gasteiger partial charge on any atom is 0.322 e. The Morgan fingerprint density at radius 1 is 1.32 bits per heavy atom. The van der Waals surface area contributed by atoms with Crippen molar-refractivity contribution in [1.82, 2.24) is 10.1 Å². The predicted molar refractivity (Wildman–Crippen MR) is 102 cm³/mol. The van der Waals surface area contributed by atoms with Crippen LogP contribution in [-0.4, -0.2) is 54.9 Å². The van der Waals surface area contributed by atoms with Crippen LogP contribution in [0.2, 0.25) is 0 Å². The maximum atomic E-state index is 12.8. The van der Waals surface area contributed by atoms with Crippen LogP contribution in [0, 0.1) is 6.92 Å². The quantitative estimate of drug-likeness (QED) is 0.755. The molecule has 9 nitrogen and oxygen atoms in total. The maximum absolute atomic E-state index is 12.8. The second-order valence-corrected chi connectivity index (χ2v) is 6.55. The fourth-order valence-electron chi connectivity index (χ4n) is 2.94. The number of aryl methyl sites for hydroxylation is 1. The molecule has 9 heteroatoms. The molecule has 0 bridgehead atoms. The van der Waals surface area contributed by atoms with E-state index in [1.165, 1.54) is 4.90 Å². The Bertz CT molecular complexity index is 816. The minimum Gasteiger partial charge on any atom is -0.497 e. The van der Waals surface area contributed by atoms with Crippen LogP contribution in [0.3, 0.4) is 0 Å². The molecule has 0 saturated carbocycles. The highest BCUT2D eigenvalue weighted by molar-refractivity contribution is 5.96. The van der Waals surface area contributed by atoms with Gasteiger partial charge >= 0.3 is 6.03 Å². The molecule has 1 aromatic carbocycles. The number of carbonyl (C=O) groups excluding carboxylic acids is 2. The Hall–Kier alpha value is -3.07. The number of hydrogen-bond acceptors (Lipinski definition) is 6. The van der Waals surface area contributed by atoms with Crippen molar-refractivity contribution in [3.63, 3.8) is 0 Å². The van der Waals surface area contributed by atoms with Gasteiger partial charge in [0.05, 0.1) is 13.2 Å². The average Bonchev–Trinajstić information content (AvgIpc) is 3.33. The highest BCUT2D eigenvalue weighted by atomic mass is 16.5. The molecule has 3 rings (SSSR count). The van der Waals surface area contributed by atoms with Crippen LogP contribution in [-0.2, 0) is 9.53 Å². The molecule has 28 heavy (non-hydrogen) atoms. The number of carbonyl (C=O) groups is 2. The number of rotatable bonds is 7. The number of nitrogens with zero attached hydrogens (tertiary/aromatic N) is 2. The molecule has 2 N–H and O–H groups in total. The summed E-state index contributed by atoms with van der Waals surface area (Å²) in [6, 6.07) is 8.24. The van der Waals surface area contributed by atoms with E-state index in [0.717, 1.165) is 12.8 Å². The summed E-state index contributed by atoms with van der Waals surface area (Å²) in [5, 5.41) is 9.16. The highest BCUT2D eigenvalue weighted by Crippen LogP contribution is 2.18. The zero-order valence-corrected chi connectivity index (χ0v) is 15.9. The van der Waals surface area contributed by atoms with E-state index in [1.807, 2.05) is 0 Å². The van der Waals surface area contributed by atoms with Crippen LogP contribution in [0.15, 0.2) is 34.9 Å². The standard InChI is InChI=1S/C19H24N4O5/c1-13-9-17(22-28-13)21-18(24)12-23(11-16-7-4-8-27-16)19(25)20-14-5-3-6-15(10-14)26-2/h3,5-6,9-10,16H,4,7-8,11-12H2,1-2H3,(H,20,25)(H,21,22,24). The molecule has 3 amide bonds. The third kappa shape index (κ3) is 5.46. The van der Waals surface area contributed by atoms with Gasteiger partial charge in [-0.1, -0.05) is 11.2 Å². The van der Waals surface area contributed by atoms with Crippen molar-refractivity contribution in [2.75, 3.05) is 37.4 Å². The number of anilines is 2. The average molecular weight is 388 g/mol. The van der Waals surface area contributed by atoms with Crippen LogP contribution < -0.4 is 15.4 Å². The van der Waals surface area contributed by atoms with E-state index >= 15 is 0 Å². The van der Waals surface area contributed by atoms with Gasteiger partial charge in [-0.15, -0.1) is 0 Å². The van der Waals surface area contributed by atoms with Crippen molar-refractivity contribution in [3.8, 4) is 5.75 Å². The lowest BCUT2D eigenvalue weighted by Crippen LogP contribution is -2.44. The zero-order valence-electron chi connectivity index (χ0n) is 15.9. The number of benzene rings is 1. The van der Waals surface area contributed by atoms with Crippen molar-refractivity contribution < 1.29 is 23.6 Å². The predicted octanol–water partition coefficient (Wildman–Crippen LogP) is 2.64. The molecule has 1 unspecified atom stereocenters. The summed E-state index contributed by atoms with van der Waals surface area (Å²) in [5.41, 5.74) is 0.578. The van der Waals surface area contributed by atoms with Crippen LogP contribution in [0.1, 0.15) is 18.6 Å². The highest BCUT2D eigenvalue weighted by Gasteiger charge is 2.25. The minimum atomic E-state index is -0.393. The number of hydrogen-bond donors (Lipinski definition) is 2. The molecule has 1 aromatic heterocycles. The van der Waals surface area contributed by atoms with Gasteiger partial charge in [-0.05, 0) is 31.9 Å². The molecule has 2 heterocycles. The summed E-state index contributed by atoms with van der Waals surface area (Å²) in [6.45, 7) is 2.58. The van der Waals surface area contributed by atoms with Gasteiger partial charge in [-0.2, -0.15) is 0 Å². The SMILES string of the molecule is COc1cccc(NC(=O)N(CC(=O)Nc2cc(C)on2)CC2CCCO2)c1. The fourth-order valence-corrected chi connectivity index (χ4v) is 2.94. The van der Waals surface area contributed by atoms with Crippen LogP contribution in [0.4, 0.5) is 16.3 Å². The summed E-state index contributed by atoms with van der Waals surface area (Å²) in [4.78, 5) is 26.6. The third-order valence-electron chi connectivity index (χ3n) is 4.29. The van der Waals surface area contributed by atoms with Gasteiger partial charge in [-0.25, -0.2) is 4.79 Å². The molecule has 1 aliphatic rings. The van der Waals surface area contributed by atoms with E-state index in [-0.39, 0.29) is 18.6 Å². The second-order valence-electron chi connectivity index (χ2n) is 6.55. The topological polar surface area (TPSA) is 106 Å². The van der Waals surface area contributed by atoms with E-state index in [4.69, 9.17) is 14.0 Å². The smallest absolute Gasteiger partial charge is 0.322 e. The van der Waals surface area contributed by atoms with Crippen molar-refractivity contribution in [2.45, 2.75) is 25.9 Å². The molecule has 1 atom stereocenters. The lowest BCUT2D eigenvalue weighted by Gasteiger charge is -2.25. The minimum absolute atomic E-state index is 0.0850. The molecular formula is C19H24N4O5. The molecule has 1 aliphatic heterocycles. The summed E-state index contributed by atoms with van der Waals surface area (Å²) >= 11 is 0. The first kappa shape index (κ1) is 19.7. The Labute approximate surface area is 163 Å². The number of aromatic nitrogens is 1. The third-order valence-corrected chi connectivity index (χ3v) is 4.29. The van der Waals surface area contributed by atoms with Gasteiger partial charge in [0.2, 0.25) is 5.91 Å². The Morgan fingerprint density at radius 3 is 2.86 bits per heavy atom. The Balaban J connectivity index is 1.66. The first-order valence-corrected chi connectivity index (χ1v) is 9.08. The monoisotopic (exact) mass is 388 g/mol. The normalized spacial score (nSPS) is 15.9. The van der Waals surface area contributed by atoms with Gasteiger partial charge in [0.1, 0.15) is 18.1 Å². The molecular weight excluding hydrogens is 364 g/mol. The Morgan fingerprint density at radius 2 is 2.18 bits per heavy atom. The van der Waals surface area contributed by atoms with E-state index in [9.17, 15) is 9.59 Å². The van der Waals surface area contributed by atoms with Crippen molar-refractivity contribution >= 4 is 23.4 Å². The molecule has 1 saturated heterocycles. The summed E-state index contributed by atoms with van der Waals surface area (Å²) < 4.78 is 15.7. The first-order chi connectivity index (χ1) is 13.5. The van der Waals surface area contributed by atoms with E-state index in [1.54, 1.807) is 44.4 Å². The van der Waals surface area contributed by atoms with E-state index in [0.29, 0.717) is 36.2 Å². The summed E-state index contributed by atoms with van der Waals surface area (Å²) in [7, 11) is 1.56. The van der Waals surface area contributed by atoms with E-state index < -0.39 is 6.03 Å². The summed E-state index contributed by atoms with van der Waals surface area (Å²) in [6.07, 6.45) is 1.71. The number of ether oxygens (including phenoxy) is 2. The molecule has 150 valence electrons. The molecule has 0 radical (unpaired) electrons. The summed E-state index contributed by atoms with van der Waals surface area (Å²) in [5.74, 6) is 1.16. The number of urea groups is 1. The van der Waals surface area contributed by atoms with Gasteiger partial charge in [-0.3, -0.25) is 4.79 Å².